The molecule has 3 nitrogen and oxygen atoms in total. The second-order valence-corrected chi connectivity index (χ2v) is 6.37. The van der Waals surface area contributed by atoms with Gasteiger partial charge in [0.05, 0.1) is 6.42 Å². The van der Waals surface area contributed by atoms with Gasteiger partial charge in [0.25, 0.3) is 0 Å². The molecule has 132 valence electrons. The minimum atomic E-state index is -0.316. The molecule has 0 unspecified atom stereocenters. The Morgan fingerprint density at radius 2 is 1.72 bits per heavy atom. The van der Waals surface area contributed by atoms with Crippen molar-refractivity contribution in [3.05, 3.63) is 71.3 Å². The lowest BCUT2D eigenvalue weighted by Gasteiger charge is -2.34. The summed E-state index contributed by atoms with van der Waals surface area (Å²) < 4.78 is 26.9. The lowest BCUT2D eigenvalue weighted by Crippen LogP contribution is -2.49. The van der Waals surface area contributed by atoms with Crippen molar-refractivity contribution in [1.29, 1.82) is 0 Å². The average molecular weight is 344 g/mol. The number of benzene rings is 2. The molecule has 2 aromatic carbocycles. The molecule has 25 heavy (non-hydrogen) atoms. The molecule has 0 aliphatic carbocycles. The van der Waals surface area contributed by atoms with E-state index in [-0.39, 0.29) is 24.0 Å². The predicted octanol–water partition coefficient (Wildman–Crippen LogP) is 2.89. The van der Waals surface area contributed by atoms with Gasteiger partial charge in [-0.3, -0.25) is 9.69 Å². The van der Waals surface area contributed by atoms with Gasteiger partial charge in [-0.25, -0.2) is 8.78 Å². The molecule has 5 heteroatoms. The summed E-state index contributed by atoms with van der Waals surface area (Å²) in [6.07, 6.45) is 0.900. The number of amides is 1. The SMILES string of the molecule is O=C(Cc1cccc(F)c1)N1CCN(CCc2ccccc2F)CC1. The Balaban J connectivity index is 1.45. The highest BCUT2D eigenvalue weighted by atomic mass is 19.1. The molecule has 0 aromatic heterocycles. The Labute approximate surface area is 146 Å². The second-order valence-electron chi connectivity index (χ2n) is 6.37. The van der Waals surface area contributed by atoms with Crippen LogP contribution in [-0.2, 0) is 17.6 Å². The van der Waals surface area contributed by atoms with Gasteiger partial charge in [-0.05, 0) is 35.7 Å². The highest BCUT2D eigenvalue weighted by molar-refractivity contribution is 5.78. The predicted molar refractivity (Wildman–Crippen MR) is 93.2 cm³/mol. The number of hydrogen-bond donors (Lipinski definition) is 0. The fraction of sp³-hybridized carbons (Fsp3) is 0.350. The number of piperazine rings is 1. The zero-order chi connectivity index (χ0) is 17.6. The van der Waals surface area contributed by atoms with E-state index in [1.807, 2.05) is 17.0 Å². The molecular weight excluding hydrogens is 322 g/mol. The van der Waals surface area contributed by atoms with Crippen LogP contribution >= 0.6 is 0 Å². The van der Waals surface area contributed by atoms with E-state index in [2.05, 4.69) is 4.90 Å². The number of nitrogens with zero attached hydrogens (tertiary/aromatic N) is 2. The molecule has 1 fully saturated rings. The highest BCUT2D eigenvalue weighted by Crippen LogP contribution is 2.11. The largest absolute Gasteiger partial charge is 0.340 e. The third-order valence-electron chi connectivity index (χ3n) is 4.62. The van der Waals surface area contributed by atoms with Crippen molar-refractivity contribution < 1.29 is 13.6 Å². The molecule has 1 aliphatic heterocycles. The van der Waals surface area contributed by atoms with Crippen LogP contribution in [0.1, 0.15) is 11.1 Å². The average Bonchev–Trinajstić information content (AvgIpc) is 2.61. The van der Waals surface area contributed by atoms with Gasteiger partial charge in [-0.2, -0.15) is 0 Å². The summed E-state index contributed by atoms with van der Waals surface area (Å²) in [4.78, 5) is 16.4. The van der Waals surface area contributed by atoms with Crippen LogP contribution in [0.3, 0.4) is 0 Å². The first-order valence-electron chi connectivity index (χ1n) is 8.60. The molecule has 1 amide bonds. The normalized spacial score (nSPS) is 15.4. The van der Waals surface area contributed by atoms with Gasteiger partial charge in [0.15, 0.2) is 0 Å². The van der Waals surface area contributed by atoms with Gasteiger partial charge in [0, 0.05) is 32.7 Å². The Bertz CT molecular complexity index is 727. The van der Waals surface area contributed by atoms with Gasteiger partial charge in [-0.1, -0.05) is 30.3 Å². The molecule has 2 aromatic rings. The minimum Gasteiger partial charge on any atom is -0.340 e. The fourth-order valence-corrected chi connectivity index (χ4v) is 3.13. The van der Waals surface area contributed by atoms with E-state index in [9.17, 15) is 13.6 Å². The van der Waals surface area contributed by atoms with E-state index >= 15 is 0 Å². The van der Waals surface area contributed by atoms with Crippen LogP contribution in [0, 0.1) is 11.6 Å². The van der Waals surface area contributed by atoms with Crippen LogP contribution in [0.4, 0.5) is 8.78 Å². The number of halogens is 2. The molecule has 0 radical (unpaired) electrons. The van der Waals surface area contributed by atoms with Crippen molar-refractivity contribution in [2.24, 2.45) is 0 Å². The Morgan fingerprint density at radius 3 is 2.44 bits per heavy atom. The summed E-state index contributed by atoms with van der Waals surface area (Å²) in [6.45, 7) is 3.66. The van der Waals surface area contributed by atoms with Crippen LogP contribution in [0.15, 0.2) is 48.5 Å². The van der Waals surface area contributed by atoms with Gasteiger partial charge >= 0.3 is 0 Å². The van der Waals surface area contributed by atoms with Crippen LogP contribution in [0.2, 0.25) is 0 Å². The van der Waals surface area contributed by atoms with Crippen molar-refractivity contribution in [2.45, 2.75) is 12.8 Å². The van der Waals surface area contributed by atoms with Crippen LogP contribution in [-0.4, -0.2) is 48.4 Å². The molecular formula is C20H22F2N2O. The third-order valence-corrected chi connectivity index (χ3v) is 4.62. The summed E-state index contributed by atoms with van der Waals surface area (Å²) in [5.41, 5.74) is 1.43. The summed E-state index contributed by atoms with van der Waals surface area (Å²) in [7, 11) is 0. The van der Waals surface area contributed by atoms with Crippen molar-refractivity contribution in [1.82, 2.24) is 9.80 Å². The lowest BCUT2D eigenvalue weighted by atomic mass is 10.1. The van der Waals surface area contributed by atoms with E-state index in [1.54, 1.807) is 18.2 Å². The number of hydrogen-bond acceptors (Lipinski definition) is 2. The van der Waals surface area contributed by atoms with Gasteiger partial charge in [0.2, 0.25) is 5.91 Å². The number of carbonyl (C=O) groups is 1. The summed E-state index contributed by atoms with van der Waals surface area (Å²) in [6, 6.07) is 13.0. The highest BCUT2D eigenvalue weighted by Gasteiger charge is 2.21. The Morgan fingerprint density at radius 1 is 0.960 bits per heavy atom. The zero-order valence-corrected chi connectivity index (χ0v) is 14.1. The molecule has 0 saturated carbocycles. The molecule has 1 heterocycles. The van der Waals surface area contributed by atoms with Crippen molar-refractivity contribution >= 4 is 5.91 Å². The molecule has 1 aliphatic rings. The summed E-state index contributed by atoms with van der Waals surface area (Å²) in [5.74, 6) is -0.450. The molecule has 1 saturated heterocycles. The molecule has 0 spiro atoms. The Hall–Kier alpha value is -2.27. The standard InChI is InChI=1S/C20H22F2N2O/c21-18-6-3-4-16(14-18)15-20(25)24-12-10-23(11-13-24)9-8-17-5-1-2-7-19(17)22/h1-7,14H,8-13,15H2. The fourth-order valence-electron chi connectivity index (χ4n) is 3.13. The van der Waals surface area contributed by atoms with Crippen molar-refractivity contribution in [3.8, 4) is 0 Å². The van der Waals surface area contributed by atoms with E-state index in [0.29, 0.717) is 25.1 Å². The summed E-state index contributed by atoms with van der Waals surface area (Å²) in [5, 5.41) is 0. The maximum absolute atomic E-state index is 13.6. The smallest absolute Gasteiger partial charge is 0.227 e. The minimum absolute atomic E-state index is 0.0272. The van der Waals surface area contributed by atoms with Crippen LogP contribution in [0.25, 0.3) is 0 Å². The monoisotopic (exact) mass is 344 g/mol. The number of rotatable bonds is 5. The van der Waals surface area contributed by atoms with Crippen LogP contribution < -0.4 is 0 Å². The molecule has 0 N–H and O–H groups in total. The topological polar surface area (TPSA) is 23.6 Å². The quantitative estimate of drug-likeness (QED) is 0.833. The van der Waals surface area contributed by atoms with Crippen LogP contribution in [0.5, 0.6) is 0 Å². The third kappa shape index (κ3) is 4.86. The molecule has 0 bridgehead atoms. The maximum Gasteiger partial charge on any atom is 0.227 e. The maximum atomic E-state index is 13.6. The second kappa shape index (κ2) is 8.21. The molecule has 3 rings (SSSR count). The Kier molecular flexibility index (Phi) is 5.76. The first-order valence-corrected chi connectivity index (χ1v) is 8.60. The molecule has 0 atom stereocenters. The summed E-state index contributed by atoms with van der Waals surface area (Å²) >= 11 is 0. The lowest BCUT2D eigenvalue weighted by molar-refractivity contribution is -0.132. The van der Waals surface area contributed by atoms with E-state index in [1.165, 1.54) is 18.2 Å². The van der Waals surface area contributed by atoms with Gasteiger partial charge < -0.3 is 4.90 Å². The number of carbonyl (C=O) groups excluding carboxylic acids is 1. The van der Waals surface area contributed by atoms with Gasteiger partial charge in [-0.15, -0.1) is 0 Å². The van der Waals surface area contributed by atoms with Crippen molar-refractivity contribution in [3.63, 3.8) is 0 Å². The van der Waals surface area contributed by atoms with Gasteiger partial charge in [0.1, 0.15) is 11.6 Å². The first kappa shape index (κ1) is 17.5. The van der Waals surface area contributed by atoms with E-state index in [0.717, 1.165) is 25.2 Å². The van der Waals surface area contributed by atoms with Crippen molar-refractivity contribution in [2.75, 3.05) is 32.7 Å². The zero-order valence-electron chi connectivity index (χ0n) is 14.1. The van der Waals surface area contributed by atoms with E-state index < -0.39 is 0 Å². The first-order chi connectivity index (χ1) is 12.1. The van der Waals surface area contributed by atoms with E-state index in [4.69, 9.17) is 0 Å².